The van der Waals surface area contributed by atoms with Crippen molar-refractivity contribution in [2.24, 2.45) is 0 Å². The third kappa shape index (κ3) is 2.02. The lowest BCUT2D eigenvalue weighted by Gasteiger charge is -2.39. The number of morpholine rings is 1. The third-order valence-corrected chi connectivity index (χ3v) is 4.16. The summed E-state index contributed by atoms with van der Waals surface area (Å²) in [4.78, 5) is 23.4. The number of nitrogens with zero attached hydrogens (tertiary/aromatic N) is 3. The van der Waals surface area contributed by atoms with Crippen LogP contribution in [-0.2, 0) is 4.74 Å². The highest BCUT2D eigenvalue weighted by Crippen LogP contribution is 2.34. The summed E-state index contributed by atoms with van der Waals surface area (Å²) >= 11 is 0. The number of ether oxygens (including phenoxy) is 2. The number of aromatic nitrogens is 2. The molecule has 1 saturated heterocycles. The standard InChI is InChI=1S/C16H17N3O3/c1-9-5-12(10(2)20)14-13(6-9)17-15-16(18-14)22-8-11-7-21-4-3-19(11)15/h5-6,11H,3-4,7-8H2,1-2H3/t11-/m0/s1. The molecule has 3 heterocycles. The lowest BCUT2D eigenvalue weighted by molar-refractivity contribution is 0.0686. The molecule has 6 nitrogen and oxygen atoms in total. The van der Waals surface area contributed by atoms with Gasteiger partial charge in [0.25, 0.3) is 5.88 Å². The summed E-state index contributed by atoms with van der Waals surface area (Å²) < 4.78 is 11.3. The topological polar surface area (TPSA) is 64.5 Å². The fourth-order valence-electron chi connectivity index (χ4n) is 3.08. The van der Waals surface area contributed by atoms with Crippen molar-refractivity contribution in [2.75, 3.05) is 31.3 Å². The van der Waals surface area contributed by atoms with Crippen molar-refractivity contribution < 1.29 is 14.3 Å². The van der Waals surface area contributed by atoms with Crippen molar-refractivity contribution in [2.45, 2.75) is 19.9 Å². The van der Waals surface area contributed by atoms with E-state index in [1.165, 1.54) is 0 Å². The van der Waals surface area contributed by atoms with Crippen LogP contribution in [0.3, 0.4) is 0 Å². The van der Waals surface area contributed by atoms with E-state index in [9.17, 15) is 4.79 Å². The van der Waals surface area contributed by atoms with Crippen LogP contribution in [0.15, 0.2) is 12.1 Å². The van der Waals surface area contributed by atoms with Crippen LogP contribution < -0.4 is 9.64 Å². The van der Waals surface area contributed by atoms with Crippen LogP contribution in [0.4, 0.5) is 5.82 Å². The molecule has 2 aromatic rings. The van der Waals surface area contributed by atoms with Gasteiger partial charge in [0, 0.05) is 12.1 Å². The predicted molar refractivity (Wildman–Crippen MR) is 81.7 cm³/mol. The molecular formula is C16H17N3O3. The lowest BCUT2D eigenvalue weighted by Crippen LogP contribution is -2.51. The second-order valence-corrected chi connectivity index (χ2v) is 5.82. The summed E-state index contributed by atoms with van der Waals surface area (Å²) in [5, 5.41) is 0. The molecule has 1 aromatic carbocycles. The average Bonchev–Trinajstić information content (AvgIpc) is 2.52. The van der Waals surface area contributed by atoms with Crippen LogP contribution in [0.25, 0.3) is 11.0 Å². The Hall–Kier alpha value is -2.21. The first kappa shape index (κ1) is 13.5. The highest BCUT2D eigenvalue weighted by molar-refractivity contribution is 6.05. The molecule has 22 heavy (non-hydrogen) atoms. The number of carbonyl (C=O) groups excluding carboxylic acids is 1. The van der Waals surface area contributed by atoms with Crippen molar-refractivity contribution in [3.63, 3.8) is 0 Å². The molecule has 2 aliphatic rings. The molecule has 1 fully saturated rings. The number of hydrogen-bond acceptors (Lipinski definition) is 6. The number of benzene rings is 1. The van der Waals surface area contributed by atoms with Crippen molar-refractivity contribution in [1.29, 1.82) is 0 Å². The normalized spacial score (nSPS) is 20.3. The molecule has 4 rings (SSSR count). The molecule has 0 amide bonds. The minimum absolute atomic E-state index is 0.0111. The maximum atomic E-state index is 11.9. The first-order chi connectivity index (χ1) is 10.6. The van der Waals surface area contributed by atoms with E-state index >= 15 is 0 Å². The van der Waals surface area contributed by atoms with Gasteiger partial charge in [0.2, 0.25) is 0 Å². The molecule has 0 aliphatic carbocycles. The van der Waals surface area contributed by atoms with E-state index in [2.05, 4.69) is 9.88 Å². The van der Waals surface area contributed by atoms with Gasteiger partial charge in [0.15, 0.2) is 11.6 Å². The monoisotopic (exact) mass is 299 g/mol. The number of hydrogen-bond donors (Lipinski definition) is 0. The Bertz CT molecular complexity index is 775. The molecular weight excluding hydrogens is 282 g/mol. The van der Waals surface area contributed by atoms with Gasteiger partial charge in [-0.25, -0.2) is 9.97 Å². The Morgan fingerprint density at radius 2 is 2.18 bits per heavy atom. The Labute approximate surface area is 128 Å². The summed E-state index contributed by atoms with van der Waals surface area (Å²) in [5.41, 5.74) is 2.95. The number of ketones is 1. The van der Waals surface area contributed by atoms with E-state index in [4.69, 9.17) is 14.5 Å². The number of aryl methyl sites for hydroxylation is 1. The Morgan fingerprint density at radius 1 is 1.32 bits per heavy atom. The summed E-state index contributed by atoms with van der Waals surface area (Å²) in [6.07, 6.45) is 0. The predicted octanol–water partition coefficient (Wildman–Crippen LogP) is 1.74. The largest absolute Gasteiger partial charge is 0.473 e. The number of carbonyl (C=O) groups is 1. The molecule has 114 valence electrons. The maximum absolute atomic E-state index is 11.9. The van der Waals surface area contributed by atoms with Crippen LogP contribution >= 0.6 is 0 Å². The zero-order chi connectivity index (χ0) is 15.3. The lowest BCUT2D eigenvalue weighted by atomic mass is 10.1. The molecule has 0 bridgehead atoms. The number of fused-ring (bicyclic) bond motifs is 4. The van der Waals surface area contributed by atoms with E-state index < -0.39 is 0 Å². The minimum atomic E-state index is -0.0111. The fourth-order valence-corrected chi connectivity index (χ4v) is 3.08. The number of Topliss-reactive ketones (excluding diaryl/α,β-unsaturated/α-hetero) is 1. The van der Waals surface area contributed by atoms with Gasteiger partial charge in [-0.15, -0.1) is 0 Å². The van der Waals surface area contributed by atoms with Crippen LogP contribution in [0.2, 0.25) is 0 Å². The maximum Gasteiger partial charge on any atom is 0.258 e. The molecule has 0 unspecified atom stereocenters. The Balaban J connectivity index is 1.92. The van der Waals surface area contributed by atoms with Crippen LogP contribution in [0.5, 0.6) is 5.88 Å². The van der Waals surface area contributed by atoms with Crippen LogP contribution in [0.1, 0.15) is 22.8 Å². The molecule has 1 aromatic heterocycles. The second-order valence-electron chi connectivity index (χ2n) is 5.82. The van der Waals surface area contributed by atoms with Crippen LogP contribution in [-0.4, -0.2) is 48.2 Å². The van der Waals surface area contributed by atoms with Crippen molar-refractivity contribution in [3.8, 4) is 5.88 Å². The van der Waals surface area contributed by atoms with Gasteiger partial charge in [-0.1, -0.05) is 0 Å². The second kappa shape index (κ2) is 4.91. The van der Waals surface area contributed by atoms with E-state index in [-0.39, 0.29) is 11.8 Å². The molecule has 2 aliphatic heterocycles. The molecule has 0 radical (unpaired) electrons. The number of anilines is 1. The molecule has 0 N–H and O–H groups in total. The number of rotatable bonds is 1. The van der Waals surface area contributed by atoms with Gasteiger partial charge < -0.3 is 14.4 Å². The summed E-state index contributed by atoms with van der Waals surface area (Å²) in [5.74, 6) is 1.26. The van der Waals surface area contributed by atoms with Gasteiger partial charge in [0.1, 0.15) is 12.1 Å². The average molecular weight is 299 g/mol. The first-order valence-corrected chi connectivity index (χ1v) is 7.44. The van der Waals surface area contributed by atoms with Crippen molar-refractivity contribution >= 4 is 22.6 Å². The molecule has 1 atom stereocenters. The van der Waals surface area contributed by atoms with E-state index in [0.717, 1.165) is 23.4 Å². The fraction of sp³-hybridized carbons (Fsp3) is 0.438. The van der Waals surface area contributed by atoms with Gasteiger partial charge in [-0.05, 0) is 31.5 Å². The quantitative estimate of drug-likeness (QED) is 0.747. The highest BCUT2D eigenvalue weighted by Gasteiger charge is 2.33. The molecule has 6 heteroatoms. The molecule has 0 saturated carbocycles. The van der Waals surface area contributed by atoms with Crippen molar-refractivity contribution in [1.82, 2.24) is 9.97 Å². The molecule has 0 spiro atoms. The SMILES string of the molecule is CC(=O)c1cc(C)cc2nc3c(nc12)OC[C@@H]1COCCN31. The van der Waals surface area contributed by atoms with Crippen molar-refractivity contribution in [3.05, 3.63) is 23.3 Å². The van der Waals surface area contributed by atoms with E-state index in [0.29, 0.717) is 36.8 Å². The summed E-state index contributed by atoms with van der Waals surface area (Å²) in [7, 11) is 0. The smallest absolute Gasteiger partial charge is 0.258 e. The minimum Gasteiger partial charge on any atom is -0.473 e. The van der Waals surface area contributed by atoms with E-state index in [1.54, 1.807) is 6.92 Å². The van der Waals surface area contributed by atoms with Gasteiger partial charge in [-0.3, -0.25) is 4.79 Å². The third-order valence-electron chi connectivity index (χ3n) is 4.16. The Morgan fingerprint density at radius 3 is 3.00 bits per heavy atom. The zero-order valence-electron chi connectivity index (χ0n) is 12.6. The summed E-state index contributed by atoms with van der Waals surface area (Å²) in [6.45, 7) is 6.16. The van der Waals surface area contributed by atoms with E-state index in [1.807, 2.05) is 19.1 Å². The Kier molecular flexibility index (Phi) is 3.00. The summed E-state index contributed by atoms with van der Waals surface area (Å²) in [6, 6.07) is 4.00. The first-order valence-electron chi connectivity index (χ1n) is 7.44. The van der Waals surface area contributed by atoms with Gasteiger partial charge >= 0.3 is 0 Å². The van der Waals surface area contributed by atoms with Gasteiger partial charge in [-0.2, -0.15) is 0 Å². The highest BCUT2D eigenvalue weighted by atomic mass is 16.5. The zero-order valence-corrected chi connectivity index (χ0v) is 12.6. The van der Waals surface area contributed by atoms with Gasteiger partial charge in [0.05, 0.1) is 24.8 Å². The van der Waals surface area contributed by atoms with Crippen LogP contribution in [0, 0.1) is 6.92 Å².